The maximum Gasteiger partial charge on any atom is 0.406 e. The molecule has 1 atom stereocenters. The SMILES string of the molecule is O=C1C(N2CCN(c3nccc(-c4cccnc4)n3)CC2)CCN1CC(F)(F)F. The Balaban J connectivity index is 1.37. The van der Waals surface area contributed by atoms with Crippen molar-refractivity contribution in [2.45, 2.75) is 18.6 Å². The minimum Gasteiger partial charge on any atom is -0.338 e. The maximum absolute atomic E-state index is 12.6. The molecule has 10 heteroatoms. The molecule has 2 aliphatic heterocycles. The van der Waals surface area contributed by atoms with E-state index in [0.29, 0.717) is 38.5 Å². The minimum absolute atomic E-state index is 0.152. The molecule has 0 saturated carbocycles. The molecule has 2 aromatic heterocycles. The van der Waals surface area contributed by atoms with E-state index in [1.807, 2.05) is 28.0 Å². The lowest BCUT2D eigenvalue weighted by Gasteiger charge is -2.37. The van der Waals surface area contributed by atoms with E-state index < -0.39 is 24.7 Å². The summed E-state index contributed by atoms with van der Waals surface area (Å²) in [6, 6.07) is 5.12. The quantitative estimate of drug-likeness (QED) is 0.772. The van der Waals surface area contributed by atoms with E-state index in [0.717, 1.165) is 16.2 Å². The molecule has 2 aromatic rings. The first-order chi connectivity index (χ1) is 13.9. The fourth-order valence-electron chi connectivity index (χ4n) is 3.84. The van der Waals surface area contributed by atoms with Gasteiger partial charge in [-0.3, -0.25) is 14.7 Å². The highest BCUT2D eigenvalue weighted by Crippen LogP contribution is 2.25. The van der Waals surface area contributed by atoms with Crippen LogP contribution in [0, 0.1) is 0 Å². The van der Waals surface area contributed by atoms with Gasteiger partial charge in [-0.1, -0.05) is 0 Å². The predicted molar refractivity (Wildman–Crippen MR) is 100 cm³/mol. The smallest absolute Gasteiger partial charge is 0.338 e. The van der Waals surface area contributed by atoms with Crippen molar-refractivity contribution < 1.29 is 18.0 Å². The fraction of sp³-hybridized carbons (Fsp3) is 0.474. The Bertz CT molecular complexity index is 855. The van der Waals surface area contributed by atoms with Crippen LogP contribution in [-0.4, -0.2) is 82.1 Å². The van der Waals surface area contributed by atoms with Crippen LogP contribution >= 0.6 is 0 Å². The van der Waals surface area contributed by atoms with Gasteiger partial charge in [0.1, 0.15) is 6.54 Å². The summed E-state index contributed by atoms with van der Waals surface area (Å²) < 4.78 is 37.8. The normalized spacial score (nSPS) is 21.1. The first-order valence-electron chi connectivity index (χ1n) is 9.49. The van der Waals surface area contributed by atoms with Crippen LogP contribution in [0.5, 0.6) is 0 Å². The fourth-order valence-corrected chi connectivity index (χ4v) is 3.84. The van der Waals surface area contributed by atoms with Crippen molar-refractivity contribution in [2.24, 2.45) is 0 Å². The summed E-state index contributed by atoms with van der Waals surface area (Å²) in [6.07, 6.45) is 1.21. The van der Waals surface area contributed by atoms with Crippen molar-refractivity contribution >= 4 is 11.9 Å². The number of anilines is 1. The summed E-state index contributed by atoms with van der Waals surface area (Å²) in [6.45, 7) is 1.36. The van der Waals surface area contributed by atoms with Gasteiger partial charge >= 0.3 is 6.18 Å². The molecule has 1 unspecified atom stereocenters. The largest absolute Gasteiger partial charge is 0.406 e. The van der Waals surface area contributed by atoms with Crippen LogP contribution in [0.2, 0.25) is 0 Å². The number of halogens is 3. The second-order valence-electron chi connectivity index (χ2n) is 7.19. The van der Waals surface area contributed by atoms with E-state index in [9.17, 15) is 18.0 Å². The number of piperazine rings is 1. The number of aromatic nitrogens is 3. The molecule has 0 aliphatic carbocycles. The van der Waals surface area contributed by atoms with Gasteiger partial charge in [0, 0.05) is 56.9 Å². The van der Waals surface area contributed by atoms with Gasteiger partial charge < -0.3 is 9.80 Å². The molecule has 2 aliphatic rings. The average molecular weight is 406 g/mol. The summed E-state index contributed by atoms with van der Waals surface area (Å²) in [5.41, 5.74) is 1.68. The number of hydrogen-bond donors (Lipinski definition) is 0. The maximum atomic E-state index is 12.6. The van der Waals surface area contributed by atoms with Gasteiger partial charge in [0.15, 0.2) is 0 Å². The zero-order chi connectivity index (χ0) is 20.4. The van der Waals surface area contributed by atoms with Gasteiger partial charge in [-0.2, -0.15) is 13.2 Å². The zero-order valence-electron chi connectivity index (χ0n) is 15.7. The molecular formula is C19H21F3N6O. The number of nitrogens with zero attached hydrogens (tertiary/aromatic N) is 6. The van der Waals surface area contributed by atoms with Gasteiger partial charge in [0.2, 0.25) is 11.9 Å². The van der Waals surface area contributed by atoms with Crippen molar-refractivity contribution in [1.29, 1.82) is 0 Å². The zero-order valence-corrected chi connectivity index (χ0v) is 15.7. The number of hydrogen-bond acceptors (Lipinski definition) is 6. The third kappa shape index (κ3) is 4.47. The minimum atomic E-state index is -4.36. The summed E-state index contributed by atoms with van der Waals surface area (Å²) in [7, 11) is 0. The van der Waals surface area contributed by atoms with Gasteiger partial charge in [-0.25, -0.2) is 9.97 Å². The number of carbonyl (C=O) groups is 1. The Kier molecular flexibility index (Phi) is 5.35. The van der Waals surface area contributed by atoms with Gasteiger partial charge in [-0.15, -0.1) is 0 Å². The van der Waals surface area contributed by atoms with Crippen LogP contribution in [0.3, 0.4) is 0 Å². The third-order valence-electron chi connectivity index (χ3n) is 5.28. The van der Waals surface area contributed by atoms with Crippen LogP contribution in [0.1, 0.15) is 6.42 Å². The molecule has 2 saturated heterocycles. The lowest BCUT2D eigenvalue weighted by atomic mass is 10.2. The van der Waals surface area contributed by atoms with Crippen molar-refractivity contribution in [3.63, 3.8) is 0 Å². The average Bonchev–Trinajstić information content (AvgIpc) is 3.07. The molecule has 7 nitrogen and oxygen atoms in total. The van der Waals surface area contributed by atoms with E-state index in [-0.39, 0.29) is 6.54 Å². The molecule has 0 bridgehead atoms. The van der Waals surface area contributed by atoms with Crippen molar-refractivity contribution in [3.05, 3.63) is 36.8 Å². The molecule has 29 heavy (non-hydrogen) atoms. The molecule has 2 fully saturated rings. The van der Waals surface area contributed by atoms with Gasteiger partial charge in [0.25, 0.3) is 0 Å². The Hall–Kier alpha value is -2.75. The number of pyridine rings is 1. The highest BCUT2D eigenvalue weighted by molar-refractivity contribution is 5.84. The Morgan fingerprint density at radius 2 is 1.86 bits per heavy atom. The van der Waals surface area contributed by atoms with Crippen LogP contribution in [0.15, 0.2) is 36.8 Å². The topological polar surface area (TPSA) is 65.5 Å². The second kappa shape index (κ2) is 7.94. The standard InChI is InChI=1S/C19H21F3N6O/c20-19(21,22)13-28-7-4-16(17(28)29)26-8-10-27(11-9-26)18-24-6-3-15(25-18)14-2-1-5-23-12-14/h1-3,5-6,12,16H,4,7-11,13H2. The van der Waals surface area contributed by atoms with Gasteiger partial charge in [0.05, 0.1) is 11.7 Å². The Morgan fingerprint density at radius 3 is 2.55 bits per heavy atom. The summed E-state index contributed by atoms with van der Waals surface area (Å²) in [5, 5.41) is 0. The number of rotatable bonds is 4. The molecule has 0 N–H and O–H groups in total. The Labute approximate surface area is 166 Å². The van der Waals surface area contributed by atoms with Crippen molar-refractivity contribution in [3.8, 4) is 11.3 Å². The summed E-state index contributed by atoms with van der Waals surface area (Å²) >= 11 is 0. The molecule has 0 aromatic carbocycles. The van der Waals surface area contributed by atoms with Crippen LogP contribution in [0.25, 0.3) is 11.3 Å². The third-order valence-corrected chi connectivity index (χ3v) is 5.28. The lowest BCUT2D eigenvalue weighted by molar-refractivity contribution is -0.159. The monoisotopic (exact) mass is 406 g/mol. The molecule has 0 radical (unpaired) electrons. The molecule has 154 valence electrons. The first kappa shape index (κ1) is 19.6. The Morgan fingerprint density at radius 1 is 1.07 bits per heavy atom. The molecule has 1 amide bonds. The number of amides is 1. The van der Waals surface area contributed by atoms with Crippen LogP contribution in [-0.2, 0) is 4.79 Å². The molecular weight excluding hydrogens is 385 g/mol. The van der Waals surface area contributed by atoms with Crippen LogP contribution < -0.4 is 4.90 Å². The van der Waals surface area contributed by atoms with E-state index in [4.69, 9.17) is 0 Å². The highest BCUT2D eigenvalue weighted by Gasteiger charge is 2.42. The van der Waals surface area contributed by atoms with Crippen molar-refractivity contribution in [1.82, 2.24) is 24.8 Å². The number of carbonyl (C=O) groups excluding carboxylic acids is 1. The van der Waals surface area contributed by atoms with E-state index in [1.165, 1.54) is 0 Å². The number of likely N-dealkylation sites (tertiary alicyclic amines) is 1. The van der Waals surface area contributed by atoms with E-state index in [1.54, 1.807) is 18.6 Å². The first-order valence-corrected chi connectivity index (χ1v) is 9.49. The van der Waals surface area contributed by atoms with E-state index >= 15 is 0 Å². The summed E-state index contributed by atoms with van der Waals surface area (Å²) in [5.74, 6) is 0.174. The lowest BCUT2D eigenvalue weighted by Crippen LogP contribution is -2.53. The molecule has 4 rings (SSSR count). The molecule has 4 heterocycles. The summed E-state index contributed by atoms with van der Waals surface area (Å²) in [4.78, 5) is 30.4. The number of alkyl halides is 3. The van der Waals surface area contributed by atoms with Crippen LogP contribution in [0.4, 0.5) is 19.1 Å². The predicted octanol–water partition coefficient (Wildman–Crippen LogP) is 1.82. The van der Waals surface area contributed by atoms with E-state index in [2.05, 4.69) is 15.0 Å². The second-order valence-corrected chi connectivity index (χ2v) is 7.19. The van der Waals surface area contributed by atoms with Crippen molar-refractivity contribution in [2.75, 3.05) is 44.2 Å². The highest BCUT2D eigenvalue weighted by atomic mass is 19.4. The van der Waals surface area contributed by atoms with Gasteiger partial charge in [-0.05, 0) is 24.6 Å². The molecule has 0 spiro atoms.